The Hall–Kier alpha value is -3.04. The fourth-order valence-electron chi connectivity index (χ4n) is 4.03. The number of carbonyl (C=O) groups excluding carboxylic acids is 1. The van der Waals surface area contributed by atoms with Crippen molar-refractivity contribution in [2.24, 2.45) is 7.05 Å². The number of aromatic nitrogens is 4. The van der Waals surface area contributed by atoms with Crippen molar-refractivity contribution < 1.29 is 4.79 Å². The minimum absolute atomic E-state index is 0.0161. The van der Waals surface area contributed by atoms with Crippen LogP contribution in [0.4, 0.5) is 5.13 Å². The minimum atomic E-state index is -0.0161. The van der Waals surface area contributed by atoms with Gasteiger partial charge in [0.2, 0.25) is 5.13 Å². The van der Waals surface area contributed by atoms with Crippen LogP contribution in [0.1, 0.15) is 28.8 Å². The molecule has 5 rings (SSSR count). The van der Waals surface area contributed by atoms with Gasteiger partial charge < -0.3 is 9.80 Å². The zero-order chi connectivity index (χ0) is 22.1. The van der Waals surface area contributed by atoms with E-state index in [-0.39, 0.29) is 11.9 Å². The third kappa shape index (κ3) is 4.18. The molecule has 1 aliphatic heterocycles. The van der Waals surface area contributed by atoms with Crippen molar-refractivity contribution in [3.8, 4) is 10.6 Å². The number of rotatable bonds is 5. The number of anilines is 1. The Labute approximate surface area is 195 Å². The normalized spacial score (nSPS) is 16.5. The number of piperazine rings is 1. The van der Waals surface area contributed by atoms with E-state index < -0.39 is 0 Å². The van der Waals surface area contributed by atoms with Gasteiger partial charge in [0.15, 0.2) is 5.69 Å². The van der Waals surface area contributed by atoms with Crippen LogP contribution in [0.15, 0.2) is 53.9 Å². The molecule has 1 amide bonds. The monoisotopic (exact) mass is 464 g/mol. The van der Waals surface area contributed by atoms with Gasteiger partial charge in [-0.25, -0.2) is 4.98 Å². The van der Waals surface area contributed by atoms with Crippen LogP contribution in [0.25, 0.3) is 10.6 Å². The van der Waals surface area contributed by atoms with Gasteiger partial charge in [0.25, 0.3) is 5.91 Å². The molecular formula is C23H24N6OS2. The Morgan fingerprint density at radius 2 is 2.00 bits per heavy atom. The minimum Gasteiger partial charge on any atom is -0.343 e. The predicted molar refractivity (Wildman–Crippen MR) is 128 cm³/mol. The second-order valence-electron chi connectivity index (χ2n) is 7.96. The summed E-state index contributed by atoms with van der Waals surface area (Å²) < 4.78 is 6.33. The van der Waals surface area contributed by atoms with E-state index in [1.54, 1.807) is 16.0 Å². The Kier molecular flexibility index (Phi) is 5.75. The average Bonchev–Trinajstić information content (AvgIpc) is 3.55. The number of benzene rings is 1. The van der Waals surface area contributed by atoms with Crippen LogP contribution in [0.2, 0.25) is 0 Å². The van der Waals surface area contributed by atoms with E-state index in [2.05, 4.69) is 33.4 Å². The van der Waals surface area contributed by atoms with Crippen molar-refractivity contribution in [3.05, 3.63) is 71.0 Å². The molecule has 1 fully saturated rings. The first-order valence-electron chi connectivity index (χ1n) is 10.6. The number of thiophene rings is 1. The van der Waals surface area contributed by atoms with Gasteiger partial charge in [0.05, 0.1) is 10.6 Å². The van der Waals surface area contributed by atoms with Crippen LogP contribution in [-0.4, -0.2) is 55.6 Å². The fourth-order valence-corrected chi connectivity index (χ4v) is 5.52. The molecule has 32 heavy (non-hydrogen) atoms. The lowest BCUT2D eigenvalue weighted by Gasteiger charge is -2.39. The molecule has 7 nitrogen and oxygen atoms in total. The molecule has 1 aromatic carbocycles. The fraction of sp³-hybridized carbons (Fsp3) is 0.304. The smallest absolute Gasteiger partial charge is 0.274 e. The summed E-state index contributed by atoms with van der Waals surface area (Å²) in [6.07, 6.45) is 0.734. The second kappa shape index (κ2) is 8.84. The molecule has 0 radical (unpaired) electrons. The lowest BCUT2D eigenvalue weighted by molar-refractivity contribution is 0.0667. The van der Waals surface area contributed by atoms with Crippen LogP contribution in [0.3, 0.4) is 0 Å². The molecule has 1 atom stereocenters. The van der Waals surface area contributed by atoms with E-state index in [0.29, 0.717) is 12.2 Å². The first-order valence-corrected chi connectivity index (χ1v) is 12.2. The van der Waals surface area contributed by atoms with Crippen molar-refractivity contribution >= 4 is 33.9 Å². The van der Waals surface area contributed by atoms with E-state index in [9.17, 15) is 4.79 Å². The topological polar surface area (TPSA) is 67.2 Å². The van der Waals surface area contributed by atoms with E-state index in [1.165, 1.54) is 17.1 Å². The highest BCUT2D eigenvalue weighted by Crippen LogP contribution is 2.27. The highest BCUT2D eigenvalue weighted by molar-refractivity contribution is 7.13. The van der Waals surface area contributed by atoms with Crippen LogP contribution in [0.5, 0.6) is 0 Å². The number of carbonyl (C=O) groups is 1. The third-order valence-electron chi connectivity index (χ3n) is 5.69. The van der Waals surface area contributed by atoms with Crippen molar-refractivity contribution in [3.63, 3.8) is 0 Å². The molecule has 4 heterocycles. The summed E-state index contributed by atoms with van der Waals surface area (Å²) in [5, 5.41) is 7.45. The maximum atomic E-state index is 13.2. The van der Waals surface area contributed by atoms with E-state index in [4.69, 9.17) is 4.98 Å². The largest absolute Gasteiger partial charge is 0.343 e. The molecule has 1 unspecified atom stereocenters. The van der Waals surface area contributed by atoms with Crippen molar-refractivity contribution in [1.82, 2.24) is 24.0 Å². The van der Waals surface area contributed by atoms with Gasteiger partial charge >= 0.3 is 0 Å². The number of aryl methyl sites for hydroxylation is 1. The number of amides is 1. The van der Waals surface area contributed by atoms with Crippen LogP contribution >= 0.6 is 22.9 Å². The zero-order valence-corrected chi connectivity index (χ0v) is 19.6. The molecule has 3 aromatic heterocycles. The summed E-state index contributed by atoms with van der Waals surface area (Å²) in [6.45, 7) is 4.19. The third-order valence-corrected chi connectivity index (χ3v) is 7.40. The molecule has 4 aromatic rings. The number of nitrogens with zero attached hydrogens (tertiary/aromatic N) is 6. The molecule has 9 heteroatoms. The van der Waals surface area contributed by atoms with Crippen molar-refractivity contribution in [1.29, 1.82) is 0 Å². The van der Waals surface area contributed by atoms with Crippen LogP contribution in [-0.2, 0) is 13.5 Å². The maximum Gasteiger partial charge on any atom is 0.274 e. The van der Waals surface area contributed by atoms with Crippen LogP contribution in [0, 0.1) is 0 Å². The van der Waals surface area contributed by atoms with Gasteiger partial charge in [-0.2, -0.15) is 9.47 Å². The molecule has 1 aliphatic rings. The quantitative estimate of drug-likeness (QED) is 0.448. The van der Waals surface area contributed by atoms with Gasteiger partial charge in [-0.15, -0.1) is 11.3 Å². The van der Waals surface area contributed by atoms with E-state index in [1.807, 2.05) is 53.7 Å². The first kappa shape index (κ1) is 20.8. The Morgan fingerprint density at radius 1 is 1.16 bits per heavy atom. The predicted octanol–water partition coefficient (Wildman–Crippen LogP) is 3.94. The van der Waals surface area contributed by atoms with E-state index in [0.717, 1.165) is 41.0 Å². The number of hydrogen-bond acceptors (Lipinski definition) is 7. The molecule has 0 bridgehead atoms. The van der Waals surface area contributed by atoms with Gasteiger partial charge in [0, 0.05) is 50.7 Å². The first-order chi connectivity index (χ1) is 15.6. The van der Waals surface area contributed by atoms with Crippen molar-refractivity contribution in [2.45, 2.75) is 19.4 Å². The maximum absolute atomic E-state index is 13.2. The standard InChI is InChI=1S/C23H24N6OS2/c1-16-15-28(23-24-21(26-32-23)13-17-7-4-3-5-8-17)10-11-29(16)22(30)18-14-19(27(2)25-18)20-9-6-12-31-20/h3-9,12,14,16H,10-11,13,15H2,1-2H3. The highest BCUT2D eigenvalue weighted by Gasteiger charge is 2.31. The Bertz CT molecular complexity index is 1200. The zero-order valence-electron chi connectivity index (χ0n) is 18.0. The Morgan fingerprint density at radius 3 is 2.75 bits per heavy atom. The number of hydrogen-bond donors (Lipinski definition) is 0. The summed E-state index contributed by atoms with van der Waals surface area (Å²) in [7, 11) is 1.88. The summed E-state index contributed by atoms with van der Waals surface area (Å²) in [4.78, 5) is 23.2. The summed E-state index contributed by atoms with van der Waals surface area (Å²) in [6, 6.07) is 16.3. The highest BCUT2D eigenvalue weighted by atomic mass is 32.1. The molecule has 0 aliphatic carbocycles. The SMILES string of the molecule is CC1CN(c2nc(Cc3ccccc3)ns2)CCN1C(=O)c1cc(-c2cccs2)n(C)n1. The van der Waals surface area contributed by atoms with Gasteiger partial charge in [-0.3, -0.25) is 9.48 Å². The Balaban J connectivity index is 1.25. The summed E-state index contributed by atoms with van der Waals surface area (Å²) in [5.41, 5.74) is 2.67. The molecule has 164 valence electrons. The molecular weight excluding hydrogens is 440 g/mol. The van der Waals surface area contributed by atoms with Gasteiger partial charge in [0.1, 0.15) is 5.82 Å². The lowest BCUT2D eigenvalue weighted by atomic mass is 10.1. The summed E-state index contributed by atoms with van der Waals surface area (Å²) in [5.74, 6) is 0.828. The average molecular weight is 465 g/mol. The molecule has 0 spiro atoms. The lowest BCUT2D eigenvalue weighted by Crippen LogP contribution is -2.54. The molecule has 0 saturated carbocycles. The summed E-state index contributed by atoms with van der Waals surface area (Å²) >= 11 is 3.08. The molecule has 1 saturated heterocycles. The molecule has 0 N–H and O–H groups in total. The van der Waals surface area contributed by atoms with Gasteiger partial charge in [-0.1, -0.05) is 36.4 Å². The second-order valence-corrected chi connectivity index (χ2v) is 9.64. The van der Waals surface area contributed by atoms with Gasteiger partial charge in [-0.05, 0) is 30.0 Å². The van der Waals surface area contributed by atoms with Crippen molar-refractivity contribution in [2.75, 3.05) is 24.5 Å². The van der Waals surface area contributed by atoms with Crippen LogP contribution < -0.4 is 4.90 Å². The van der Waals surface area contributed by atoms with E-state index >= 15 is 0 Å².